The molecule has 1 aliphatic heterocycles. The van der Waals surface area contributed by atoms with Crippen molar-refractivity contribution < 1.29 is 0 Å². The molecule has 0 amide bonds. The van der Waals surface area contributed by atoms with Crippen LogP contribution in [0.1, 0.15) is 55.7 Å². The molecule has 1 aromatic rings. The van der Waals surface area contributed by atoms with Gasteiger partial charge in [-0.15, -0.1) is 0 Å². The summed E-state index contributed by atoms with van der Waals surface area (Å²) in [7, 11) is 0. The Morgan fingerprint density at radius 1 is 1.06 bits per heavy atom. The van der Waals surface area contributed by atoms with E-state index in [1.165, 1.54) is 25.7 Å². The lowest BCUT2D eigenvalue weighted by Crippen LogP contribution is -2.27. The summed E-state index contributed by atoms with van der Waals surface area (Å²) in [5.41, 5.74) is 4.87. The Balaban J connectivity index is 1.91. The predicted octanol–water partition coefficient (Wildman–Crippen LogP) is 3.87. The lowest BCUT2D eigenvalue weighted by molar-refractivity contribution is 0.267. The minimum absolute atomic E-state index is 0.804. The van der Waals surface area contributed by atoms with Crippen molar-refractivity contribution in [3.63, 3.8) is 0 Å². The second-order valence-corrected chi connectivity index (χ2v) is 6.53. The molecule has 18 heavy (non-hydrogen) atoms. The predicted molar refractivity (Wildman–Crippen MR) is 76.8 cm³/mol. The summed E-state index contributed by atoms with van der Waals surface area (Å²) >= 11 is 0. The molecule has 2 atom stereocenters. The van der Waals surface area contributed by atoms with Gasteiger partial charge in [0.15, 0.2) is 0 Å². The van der Waals surface area contributed by atoms with Gasteiger partial charge < -0.3 is 5.32 Å². The second-order valence-electron chi connectivity index (χ2n) is 6.53. The van der Waals surface area contributed by atoms with E-state index in [1.54, 1.807) is 16.7 Å². The molecule has 1 N–H and O–H groups in total. The topological polar surface area (TPSA) is 12.0 Å². The zero-order valence-electron chi connectivity index (χ0n) is 11.7. The first kappa shape index (κ1) is 12.2. The van der Waals surface area contributed by atoms with Gasteiger partial charge in [0.2, 0.25) is 0 Å². The Bertz CT molecular complexity index is 414. The van der Waals surface area contributed by atoms with Crippen molar-refractivity contribution in [2.24, 2.45) is 11.8 Å². The fraction of sp³-hybridized carbons (Fsp3) is 0.647. The maximum absolute atomic E-state index is 3.54. The lowest BCUT2D eigenvalue weighted by Gasteiger charge is -2.34. The Hall–Kier alpha value is -0.820. The molecule has 98 valence electrons. The maximum atomic E-state index is 3.54. The molecule has 1 nitrogen and oxygen atoms in total. The molecule has 2 aliphatic rings. The van der Waals surface area contributed by atoms with E-state index in [-0.39, 0.29) is 0 Å². The Kier molecular flexibility index (Phi) is 3.43. The molecule has 1 heteroatoms. The standard InChI is InChI=1S/C17H25N/c1-12-8-13(2)10-15(9-12)16-5-3-4-14-6-7-18-11-17(14)16/h3-5,12-13,15,18H,6-11H2,1-2H3. The van der Waals surface area contributed by atoms with Gasteiger partial charge in [-0.25, -0.2) is 0 Å². The van der Waals surface area contributed by atoms with Gasteiger partial charge in [0, 0.05) is 6.54 Å². The number of nitrogens with one attached hydrogen (secondary N) is 1. The van der Waals surface area contributed by atoms with Gasteiger partial charge >= 0.3 is 0 Å². The van der Waals surface area contributed by atoms with E-state index in [0.717, 1.165) is 30.8 Å². The summed E-state index contributed by atoms with van der Waals surface area (Å²) in [6.45, 7) is 7.09. The highest BCUT2D eigenvalue weighted by atomic mass is 14.9. The van der Waals surface area contributed by atoms with E-state index in [9.17, 15) is 0 Å². The average Bonchev–Trinajstić information content (AvgIpc) is 2.37. The van der Waals surface area contributed by atoms with Crippen LogP contribution in [0.2, 0.25) is 0 Å². The largest absolute Gasteiger partial charge is 0.312 e. The van der Waals surface area contributed by atoms with Gasteiger partial charge in [0.1, 0.15) is 0 Å². The first-order valence-corrected chi connectivity index (χ1v) is 7.55. The Morgan fingerprint density at radius 3 is 2.61 bits per heavy atom. The molecule has 0 radical (unpaired) electrons. The van der Waals surface area contributed by atoms with Crippen molar-refractivity contribution in [2.75, 3.05) is 6.54 Å². The second kappa shape index (κ2) is 5.05. The molecule has 3 rings (SSSR count). The van der Waals surface area contributed by atoms with Crippen LogP contribution in [-0.4, -0.2) is 6.54 Å². The normalized spacial score (nSPS) is 32.0. The van der Waals surface area contributed by atoms with Crippen LogP contribution in [0.15, 0.2) is 18.2 Å². The first-order chi connectivity index (χ1) is 8.74. The van der Waals surface area contributed by atoms with Crippen LogP contribution in [0.3, 0.4) is 0 Å². The zero-order valence-corrected chi connectivity index (χ0v) is 11.7. The Morgan fingerprint density at radius 2 is 1.83 bits per heavy atom. The monoisotopic (exact) mass is 243 g/mol. The molecule has 0 bridgehead atoms. The molecule has 2 unspecified atom stereocenters. The fourth-order valence-electron chi connectivity index (χ4n) is 4.12. The minimum Gasteiger partial charge on any atom is -0.312 e. The molecular formula is C17H25N. The molecule has 0 aromatic heterocycles. The van der Waals surface area contributed by atoms with Gasteiger partial charge in [-0.05, 0) is 66.7 Å². The summed E-state index contributed by atoms with van der Waals surface area (Å²) in [4.78, 5) is 0. The summed E-state index contributed by atoms with van der Waals surface area (Å²) in [5.74, 6) is 2.59. The zero-order chi connectivity index (χ0) is 12.5. The van der Waals surface area contributed by atoms with E-state index in [0.29, 0.717) is 0 Å². The van der Waals surface area contributed by atoms with Crippen LogP contribution in [-0.2, 0) is 13.0 Å². The molecular weight excluding hydrogens is 218 g/mol. The molecule has 1 aromatic carbocycles. The average molecular weight is 243 g/mol. The third-order valence-electron chi connectivity index (χ3n) is 4.80. The lowest BCUT2D eigenvalue weighted by atomic mass is 9.72. The quantitative estimate of drug-likeness (QED) is 0.789. The van der Waals surface area contributed by atoms with E-state index in [4.69, 9.17) is 0 Å². The van der Waals surface area contributed by atoms with Gasteiger partial charge in [-0.2, -0.15) is 0 Å². The fourth-order valence-corrected chi connectivity index (χ4v) is 4.12. The molecule has 1 fully saturated rings. The van der Waals surface area contributed by atoms with E-state index >= 15 is 0 Å². The minimum atomic E-state index is 0.804. The van der Waals surface area contributed by atoms with Crippen LogP contribution in [0, 0.1) is 11.8 Å². The van der Waals surface area contributed by atoms with Gasteiger partial charge in [-0.1, -0.05) is 32.0 Å². The number of benzene rings is 1. The number of hydrogen-bond donors (Lipinski definition) is 1. The van der Waals surface area contributed by atoms with Crippen molar-refractivity contribution in [2.45, 2.75) is 52.0 Å². The molecule has 1 aliphatic carbocycles. The van der Waals surface area contributed by atoms with Crippen molar-refractivity contribution in [1.29, 1.82) is 0 Å². The van der Waals surface area contributed by atoms with E-state index in [2.05, 4.69) is 37.4 Å². The number of rotatable bonds is 1. The summed E-state index contributed by atoms with van der Waals surface area (Å²) in [6.07, 6.45) is 5.41. The molecule has 0 saturated heterocycles. The Labute approximate surface area is 111 Å². The van der Waals surface area contributed by atoms with Crippen LogP contribution < -0.4 is 5.32 Å². The molecule has 1 heterocycles. The number of hydrogen-bond acceptors (Lipinski definition) is 1. The summed E-state index contributed by atoms with van der Waals surface area (Å²) in [6, 6.07) is 7.00. The van der Waals surface area contributed by atoms with E-state index < -0.39 is 0 Å². The van der Waals surface area contributed by atoms with Crippen molar-refractivity contribution in [3.8, 4) is 0 Å². The molecule has 1 saturated carbocycles. The van der Waals surface area contributed by atoms with Crippen LogP contribution in [0.5, 0.6) is 0 Å². The van der Waals surface area contributed by atoms with Gasteiger partial charge in [0.25, 0.3) is 0 Å². The summed E-state index contributed by atoms with van der Waals surface area (Å²) in [5, 5.41) is 3.54. The third-order valence-corrected chi connectivity index (χ3v) is 4.80. The van der Waals surface area contributed by atoms with Crippen molar-refractivity contribution >= 4 is 0 Å². The van der Waals surface area contributed by atoms with Crippen molar-refractivity contribution in [3.05, 3.63) is 34.9 Å². The molecule has 0 spiro atoms. The highest BCUT2D eigenvalue weighted by molar-refractivity contribution is 5.39. The maximum Gasteiger partial charge on any atom is 0.0211 e. The highest BCUT2D eigenvalue weighted by Crippen LogP contribution is 2.41. The first-order valence-electron chi connectivity index (χ1n) is 7.55. The highest BCUT2D eigenvalue weighted by Gasteiger charge is 2.27. The third kappa shape index (κ3) is 2.33. The SMILES string of the molecule is CC1CC(C)CC(c2cccc3c2CNCC3)C1. The van der Waals surface area contributed by atoms with Crippen LogP contribution in [0.25, 0.3) is 0 Å². The van der Waals surface area contributed by atoms with Crippen molar-refractivity contribution in [1.82, 2.24) is 5.32 Å². The van der Waals surface area contributed by atoms with Crippen LogP contribution in [0.4, 0.5) is 0 Å². The van der Waals surface area contributed by atoms with E-state index in [1.807, 2.05) is 0 Å². The van der Waals surface area contributed by atoms with Crippen LogP contribution >= 0.6 is 0 Å². The smallest absolute Gasteiger partial charge is 0.0211 e. The van der Waals surface area contributed by atoms with Gasteiger partial charge in [-0.3, -0.25) is 0 Å². The summed E-state index contributed by atoms with van der Waals surface area (Å²) < 4.78 is 0. The number of fused-ring (bicyclic) bond motifs is 1. The van der Waals surface area contributed by atoms with Gasteiger partial charge in [0.05, 0.1) is 0 Å².